The van der Waals surface area contributed by atoms with Crippen LogP contribution < -0.4 is 5.32 Å². The third-order valence-corrected chi connectivity index (χ3v) is 5.22. The number of likely N-dealkylation sites (tertiary alicyclic amines) is 2. The number of carbonyl (C=O) groups is 3. The SMILES string of the molecule is O=C(Nc1cccc(CN2CCCC2=O)c1)C1CCN(C(=O)OCC(F)(F)F)CC1. The predicted molar refractivity (Wildman–Crippen MR) is 101 cm³/mol. The molecule has 7 nitrogen and oxygen atoms in total. The van der Waals surface area contributed by atoms with Gasteiger partial charge in [0.05, 0.1) is 0 Å². The predicted octanol–water partition coefficient (Wildman–Crippen LogP) is 3.16. The lowest BCUT2D eigenvalue weighted by atomic mass is 9.96. The number of anilines is 1. The van der Waals surface area contributed by atoms with Gasteiger partial charge >= 0.3 is 12.3 Å². The van der Waals surface area contributed by atoms with E-state index in [4.69, 9.17) is 0 Å². The summed E-state index contributed by atoms with van der Waals surface area (Å²) >= 11 is 0. The Morgan fingerprint density at radius 3 is 2.53 bits per heavy atom. The van der Waals surface area contributed by atoms with Crippen LogP contribution in [0.5, 0.6) is 0 Å². The van der Waals surface area contributed by atoms with Crippen molar-refractivity contribution in [3.05, 3.63) is 29.8 Å². The first kappa shape index (κ1) is 21.9. The van der Waals surface area contributed by atoms with Gasteiger partial charge in [-0.25, -0.2) is 4.79 Å². The van der Waals surface area contributed by atoms with Crippen molar-refractivity contribution < 1.29 is 32.3 Å². The zero-order chi connectivity index (χ0) is 21.7. The number of rotatable bonds is 5. The van der Waals surface area contributed by atoms with Gasteiger partial charge in [-0.2, -0.15) is 13.2 Å². The van der Waals surface area contributed by atoms with E-state index in [9.17, 15) is 27.6 Å². The van der Waals surface area contributed by atoms with Crippen LogP contribution in [0.15, 0.2) is 24.3 Å². The summed E-state index contributed by atoms with van der Waals surface area (Å²) in [7, 11) is 0. The number of hydrogen-bond acceptors (Lipinski definition) is 4. The van der Waals surface area contributed by atoms with Crippen LogP contribution in [0.1, 0.15) is 31.2 Å². The molecule has 2 saturated heterocycles. The highest BCUT2D eigenvalue weighted by Gasteiger charge is 2.33. The van der Waals surface area contributed by atoms with E-state index >= 15 is 0 Å². The van der Waals surface area contributed by atoms with Crippen molar-refractivity contribution >= 4 is 23.6 Å². The van der Waals surface area contributed by atoms with Gasteiger partial charge in [0.25, 0.3) is 0 Å². The second-order valence-electron chi connectivity index (χ2n) is 7.54. The van der Waals surface area contributed by atoms with E-state index in [0.717, 1.165) is 18.5 Å². The fraction of sp³-hybridized carbons (Fsp3) is 0.550. The molecule has 3 amide bonds. The minimum atomic E-state index is -4.57. The summed E-state index contributed by atoms with van der Waals surface area (Å²) in [5.41, 5.74) is 1.54. The second-order valence-corrected chi connectivity index (χ2v) is 7.54. The van der Waals surface area contributed by atoms with Crippen molar-refractivity contribution in [1.82, 2.24) is 9.80 Å². The van der Waals surface area contributed by atoms with Crippen LogP contribution in [0, 0.1) is 5.92 Å². The Labute approximate surface area is 172 Å². The van der Waals surface area contributed by atoms with E-state index in [1.54, 1.807) is 11.0 Å². The second kappa shape index (κ2) is 9.36. The number of nitrogens with zero attached hydrogens (tertiary/aromatic N) is 2. The molecule has 0 aromatic heterocycles. The fourth-order valence-corrected chi connectivity index (χ4v) is 3.64. The van der Waals surface area contributed by atoms with Crippen LogP contribution in [0.3, 0.4) is 0 Å². The Bertz CT molecular complexity index is 792. The molecule has 164 valence electrons. The van der Waals surface area contributed by atoms with Crippen molar-refractivity contribution in [3.8, 4) is 0 Å². The molecule has 0 spiro atoms. The van der Waals surface area contributed by atoms with Gasteiger partial charge < -0.3 is 19.9 Å². The normalized spacial score (nSPS) is 17.9. The average molecular weight is 427 g/mol. The van der Waals surface area contributed by atoms with Crippen LogP contribution in [0.2, 0.25) is 0 Å². The van der Waals surface area contributed by atoms with Crippen molar-refractivity contribution in [1.29, 1.82) is 0 Å². The van der Waals surface area contributed by atoms with Gasteiger partial charge in [-0.15, -0.1) is 0 Å². The van der Waals surface area contributed by atoms with Gasteiger partial charge in [0.1, 0.15) is 0 Å². The van der Waals surface area contributed by atoms with Gasteiger partial charge in [0, 0.05) is 44.2 Å². The Morgan fingerprint density at radius 2 is 1.90 bits per heavy atom. The van der Waals surface area contributed by atoms with Crippen molar-refractivity contribution in [3.63, 3.8) is 0 Å². The number of halogens is 3. The molecule has 0 atom stereocenters. The Hall–Kier alpha value is -2.78. The molecular weight excluding hydrogens is 403 g/mol. The van der Waals surface area contributed by atoms with Gasteiger partial charge in [0.2, 0.25) is 11.8 Å². The van der Waals surface area contributed by atoms with Crippen molar-refractivity contribution in [2.45, 2.75) is 38.4 Å². The van der Waals surface area contributed by atoms with E-state index in [2.05, 4.69) is 10.1 Å². The Morgan fingerprint density at radius 1 is 1.17 bits per heavy atom. The number of hydrogen-bond donors (Lipinski definition) is 1. The monoisotopic (exact) mass is 427 g/mol. The number of benzene rings is 1. The molecule has 1 aromatic rings. The van der Waals surface area contributed by atoms with E-state index in [0.29, 0.717) is 31.5 Å². The Balaban J connectivity index is 1.47. The number of carbonyl (C=O) groups excluding carboxylic acids is 3. The van der Waals surface area contributed by atoms with E-state index in [1.165, 1.54) is 4.90 Å². The number of nitrogens with one attached hydrogen (secondary N) is 1. The number of ether oxygens (including phenoxy) is 1. The van der Waals surface area contributed by atoms with Crippen LogP contribution in [-0.4, -0.2) is 60.1 Å². The topological polar surface area (TPSA) is 79.0 Å². The summed E-state index contributed by atoms with van der Waals surface area (Å²) in [6, 6.07) is 7.29. The van der Waals surface area contributed by atoms with Crippen molar-refractivity contribution in [2.24, 2.45) is 5.92 Å². The molecule has 3 rings (SSSR count). The van der Waals surface area contributed by atoms with Crippen LogP contribution in [-0.2, 0) is 20.9 Å². The van der Waals surface area contributed by atoms with E-state index in [-0.39, 0.29) is 30.8 Å². The molecule has 0 unspecified atom stereocenters. The smallest absolute Gasteiger partial charge is 0.422 e. The van der Waals surface area contributed by atoms with Gasteiger partial charge in [-0.3, -0.25) is 9.59 Å². The lowest BCUT2D eigenvalue weighted by Crippen LogP contribution is -2.42. The quantitative estimate of drug-likeness (QED) is 0.783. The molecule has 10 heteroatoms. The zero-order valence-corrected chi connectivity index (χ0v) is 16.4. The highest BCUT2D eigenvalue weighted by Crippen LogP contribution is 2.22. The molecule has 0 radical (unpaired) electrons. The standard InChI is InChI=1S/C20H24F3N3O4/c21-20(22,23)13-30-19(29)25-9-6-15(7-10-25)18(28)24-16-4-1-3-14(11-16)12-26-8-2-5-17(26)27/h1,3-4,11,15H,2,5-10,12-13H2,(H,24,28). The molecule has 0 saturated carbocycles. The van der Waals surface area contributed by atoms with Gasteiger partial charge in [-0.1, -0.05) is 12.1 Å². The molecule has 1 aromatic carbocycles. The summed E-state index contributed by atoms with van der Waals surface area (Å²) in [5, 5.41) is 2.85. The maximum atomic E-state index is 12.6. The average Bonchev–Trinajstić information content (AvgIpc) is 3.10. The van der Waals surface area contributed by atoms with E-state index < -0.39 is 18.9 Å². The molecule has 0 aliphatic carbocycles. The summed E-state index contributed by atoms with van der Waals surface area (Å²) in [6.45, 7) is -0.0657. The maximum absolute atomic E-state index is 12.6. The largest absolute Gasteiger partial charge is 0.440 e. The Kier molecular flexibility index (Phi) is 6.84. The lowest BCUT2D eigenvalue weighted by Gasteiger charge is -2.30. The molecule has 0 bridgehead atoms. The first-order valence-electron chi connectivity index (χ1n) is 9.87. The number of amides is 3. The summed E-state index contributed by atoms with van der Waals surface area (Å²) in [6.07, 6.45) is -3.47. The minimum absolute atomic E-state index is 0.130. The van der Waals surface area contributed by atoms with E-state index in [1.807, 2.05) is 18.2 Å². The molecular formula is C20H24F3N3O4. The van der Waals surface area contributed by atoms with Crippen LogP contribution in [0.25, 0.3) is 0 Å². The highest BCUT2D eigenvalue weighted by molar-refractivity contribution is 5.92. The lowest BCUT2D eigenvalue weighted by molar-refractivity contribution is -0.162. The first-order chi connectivity index (χ1) is 14.2. The van der Waals surface area contributed by atoms with Crippen LogP contribution in [0.4, 0.5) is 23.7 Å². The number of piperidine rings is 1. The third-order valence-electron chi connectivity index (χ3n) is 5.22. The molecule has 2 heterocycles. The summed E-state index contributed by atoms with van der Waals surface area (Å²) in [4.78, 5) is 39.0. The molecule has 30 heavy (non-hydrogen) atoms. The molecule has 2 fully saturated rings. The van der Waals surface area contributed by atoms with Crippen molar-refractivity contribution in [2.75, 3.05) is 31.6 Å². The molecule has 2 aliphatic rings. The fourth-order valence-electron chi connectivity index (χ4n) is 3.64. The molecule has 1 N–H and O–H groups in total. The van der Waals surface area contributed by atoms with Gasteiger partial charge in [-0.05, 0) is 37.0 Å². The molecule has 2 aliphatic heterocycles. The summed E-state index contributed by atoms with van der Waals surface area (Å²) in [5.74, 6) is -0.418. The van der Waals surface area contributed by atoms with Gasteiger partial charge in [0.15, 0.2) is 6.61 Å². The number of alkyl halides is 3. The minimum Gasteiger partial charge on any atom is -0.440 e. The zero-order valence-electron chi connectivity index (χ0n) is 16.4. The highest BCUT2D eigenvalue weighted by atomic mass is 19.4. The van der Waals surface area contributed by atoms with Crippen LogP contribution >= 0.6 is 0 Å². The first-order valence-corrected chi connectivity index (χ1v) is 9.87. The summed E-state index contributed by atoms with van der Waals surface area (Å²) < 4.78 is 40.7. The third kappa shape index (κ3) is 6.11. The maximum Gasteiger partial charge on any atom is 0.422 e.